The van der Waals surface area contributed by atoms with Crippen LogP contribution in [-0.2, 0) is 0 Å². The van der Waals surface area contributed by atoms with Gasteiger partial charge in [0.25, 0.3) is 0 Å². The summed E-state index contributed by atoms with van der Waals surface area (Å²) in [5.74, 6) is -1.65. The molecule has 2 aromatic heterocycles. The Morgan fingerprint density at radius 1 is 1.15 bits per heavy atom. The third kappa shape index (κ3) is 2.30. The van der Waals surface area contributed by atoms with E-state index >= 15 is 0 Å². The number of anilines is 1. The second kappa shape index (κ2) is 5.83. The van der Waals surface area contributed by atoms with Gasteiger partial charge in [-0.05, 0) is 36.8 Å². The molecule has 3 N–H and O–H groups in total. The largest absolute Gasteiger partial charge is 0.373 e. The van der Waals surface area contributed by atoms with Crippen molar-refractivity contribution in [1.29, 1.82) is 0 Å². The number of halogens is 2. The number of fused-ring (bicyclic) bond motifs is 1. The number of aryl methyl sites for hydroxylation is 1. The molecule has 0 amide bonds. The van der Waals surface area contributed by atoms with E-state index in [1.165, 1.54) is 23.6 Å². The van der Waals surface area contributed by atoms with Crippen LogP contribution in [0.5, 0.6) is 0 Å². The van der Waals surface area contributed by atoms with Crippen LogP contribution < -0.4 is 11.0 Å². The van der Waals surface area contributed by atoms with E-state index in [2.05, 4.69) is 20.3 Å². The van der Waals surface area contributed by atoms with E-state index in [1.807, 2.05) is 0 Å². The smallest absolute Gasteiger partial charge is 0.332 e. The summed E-state index contributed by atoms with van der Waals surface area (Å²) >= 11 is 0. The van der Waals surface area contributed by atoms with E-state index in [0.29, 0.717) is 11.5 Å². The molecule has 0 saturated heterocycles. The maximum absolute atomic E-state index is 14.6. The maximum atomic E-state index is 14.6. The Morgan fingerprint density at radius 3 is 2.73 bits per heavy atom. The Hall–Kier alpha value is -3.42. The van der Waals surface area contributed by atoms with Gasteiger partial charge in [0.05, 0.1) is 23.0 Å². The van der Waals surface area contributed by atoms with E-state index in [9.17, 15) is 13.6 Å². The highest BCUT2D eigenvalue weighted by atomic mass is 19.2. The quantitative estimate of drug-likeness (QED) is 0.527. The molecule has 0 saturated carbocycles. The van der Waals surface area contributed by atoms with Crippen molar-refractivity contribution in [3.8, 4) is 16.9 Å². The molecule has 4 rings (SSSR count). The Bertz CT molecular complexity index is 1190. The predicted octanol–water partition coefficient (Wildman–Crippen LogP) is 3.34. The number of H-pyrrole nitrogens is 2. The Kier molecular flexibility index (Phi) is 3.61. The van der Waals surface area contributed by atoms with Gasteiger partial charge in [-0.25, -0.2) is 18.6 Å². The normalized spacial score (nSPS) is 11.2. The van der Waals surface area contributed by atoms with Crippen molar-refractivity contribution in [1.82, 2.24) is 19.5 Å². The SMILES string of the molecule is CNc1[nH]c(=O)n(-c2ccc3nc[nH]c3c2)c1-c1ccc(C)c(F)c1F. The zero-order chi connectivity index (χ0) is 18.4. The van der Waals surface area contributed by atoms with Crippen molar-refractivity contribution in [2.75, 3.05) is 12.4 Å². The first-order chi connectivity index (χ1) is 12.5. The average molecular weight is 355 g/mol. The Labute approximate surface area is 146 Å². The van der Waals surface area contributed by atoms with Gasteiger partial charge in [-0.1, -0.05) is 6.07 Å². The summed E-state index contributed by atoms with van der Waals surface area (Å²) < 4.78 is 30.0. The summed E-state index contributed by atoms with van der Waals surface area (Å²) in [5.41, 5.74) is 1.89. The van der Waals surface area contributed by atoms with E-state index < -0.39 is 17.3 Å². The zero-order valence-corrected chi connectivity index (χ0v) is 14.0. The van der Waals surface area contributed by atoms with Gasteiger partial charge < -0.3 is 10.3 Å². The molecule has 0 radical (unpaired) electrons. The van der Waals surface area contributed by atoms with Crippen LogP contribution >= 0.6 is 0 Å². The highest BCUT2D eigenvalue weighted by Crippen LogP contribution is 2.32. The zero-order valence-electron chi connectivity index (χ0n) is 14.0. The molecule has 0 aliphatic carbocycles. The van der Waals surface area contributed by atoms with E-state index in [0.717, 1.165) is 11.0 Å². The first kappa shape index (κ1) is 16.1. The lowest BCUT2D eigenvalue weighted by Gasteiger charge is -2.12. The number of benzene rings is 2. The molecule has 4 aromatic rings. The van der Waals surface area contributed by atoms with Crippen molar-refractivity contribution in [2.45, 2.75) is 6.92 Å². The molecule has 0 spiro atoms. The maximum Gasteiger partial charge on any atom is 0.332 e. The molecule has 0 aliphatic rings. The molecule has 0 unspecified atom stereocenters. The summed E-state index contributed by atoms with van der Waals surface area (Å²) in [6, 6.07) is 8.11. The van der Waals surface area contributed by atoms with Gasteiger partial charge in [0, 0.05) is 12.6 Å². The summed E-state index contributed by atoms with van der Waals surface area (Å²) in [6.07, 6.45) is 1.54. The predicted molar refractivity (Wildman–Crippen MR) is 95.7 cm³/mol. The van der Waals surface area contributed by atoms with Gasteiger partial charge in [-0.2, -0.15) is 0 Å². The monoisotopic (exact) mass is 355 g/mol. The van der Waals surface area contributed by atoms with Gasteiger partial charge >= 0.3 is 5.69 Å². The van der Waals surface area contributed by atoms with Crippen LogP contribution in [0.1, 0.15) is 5.56 Å². The number of hydrogen-bond donors (Lipinski definition) is 3. The minimum absolute atomic E-state index is 0.0134. The molecule has 0 atom stereocenters. The number of aromatic nitrogens is 4. The van der Waals surface area contributed by atoms with Crippen molar-refractivity contribution >= 4 is 16.9 Å². The fourth-order valence-electron chi connectivity index (χ4n) is 3.01. The number of rotatable bonds is 3. The van der Waals surface area contributed by atoms with Crippen molar-refractivity contribution in [3.05, 3.63) is 64.3 Å². The van der Waals surface area contributed by atoms with Crippen LogP contribution in [0.25, 0.3) is 28.0 Å². The van der Waals surface area contributed by atoms with Crippen molar-refractivity contribution < 1.29 is 8.78 Å². The fourth-order valence-corrected chi connectivity index (χ4v) is 3.01. The third-order valence-corrected chi connectivity index (χ3v) is 4.34. The highest BCUT2D eigenvalue weighted by molar-refractivity contribution is 5.79. The summed E-state index contributed by atoms with van der Waals surface area (Å²) in [6.45, 7) is 1.48. The first-order valence-electron chi connectivity index (χ1n) is 7.92. The Balaban J connectivity index is 2.04. The second-order valence-electron chi connectivity index (χ2n) is 5.90. The minimum Gasteiger partial charge on any atom is -0.373 e. The third-order valence-electron chi connectivity index (χ3n) is 4.34. The molecular formula is C18H15F2N5O. The number of aromatic amines is 2. The molecule has 0 aliphatic heterocycles. The Morgan fingerprint density at radius 2 is 1.96 bits per heavy atom. The van der Waals surface area contributed by atoms with Gasteiger partial charge in [-0.3, -0.25) is 9.55 Å². The summed E-state index contributed by atoms with van der Waals surface area (Å²) in [7, 11) is 1.60. The standard InChI is InChI=1S/C18H15F2N5O/c1-9-3-5-11(15(20)14(9)19)16-17(21-2)24-18(26)25(16)10-4-6-12-13(7-10)23-8-22-12/h3-8,21H,1-2H3,(H,22,23)(H,24,26). The van der Waals surface area contributed by atoms with Crippen LogP contribution in [0.4, 0.5) is 14.6 Å². The van der Waals surface area contributed by atoms with Gasteiger partial charge in [0.1, 0.15) is 11.5 Å². The second-order valence-corrected chi connectivity index (χ2v) is 5.90. The molecule has 8 heteroatoms. The molecular weight excluding hydrogens is 340 g/mol. The number of imidazole rings is 2. The minimum atomic E-state index is -1.00. The highest BCUT2D eigenvalue weighted by Gasteiger charge is 2.22. The lowest BCUT2D eigenvalue weighted by molar-refractivity contribution is 0.505. The van der Waals surface area contributed by atoms with Gasteiger partial charge in [0.2, 0.25) is 0 Å². The fraction of sp³-hybridized carbons (Fsp3) is 0.111. The number of nitrogens with one attached hydrogen (secondary N) is 3. The van der Waals surface area contributed by atoms with Gasteiger partial charge in [-0.15, -0.1) is 0 Å². The van der Waals surface area contributed by atoms with Crippen LogP contribution in [0.2, 0.25) is 0 Å². The molecule has 6 nitrogen and oxygen atoms in total. The van der Waals surface area contributed by atoms with E-state index in [4.69, 9.17) is 0 Å². The molecule has 0 bridgehead atoms. The van der Waals surface area contributed by atoms with E-state index in [1.54, 1.807) is 31.6 Å². The van der Waals surface area contributed by atoms with Gasteiger partial charge in [0.15, 0.2) is 11.6 Å². The topological polar surface area (TPSA) is 78.5 Å². The summed E-state index contributed by atoms with van der Waals surface area (Å²) in [4.78, 5) is 22.3. The number of hydrogen-bond acceptors (Lipinski definition) is 3. The van der Waals surface area contributed by atoms with Crippen molar-refractivity contribution in [3.63, 3.8) is 0 Å². The average Bonchev–Trinajstić information content (AvgIpc) is 3.23. The van der Waals surface area contributed by atoms with E-state index in [-0.39, 0.29) is 16.8 Å². The molecule has 2 heterocycles. The summed E-state index contributed by atoms with van der Waals surface area (Å²) in [5, 5.41) is 2.83. The van der Waals surface area contributed by atoms with Crippen LogP contribution in [0, 0.1) is 18.6 Å². The number of nitrogens with zero attached hydrogens (tertiary/aromatic N) is 2. The first-order valence-corrected chi connectivity index (χ1v) is 7.92. The van der Waals surface area contributed by atoms with Crippen LogP contribution in [0.15, 0.2) is 41.5 Å². The van der Waals surface area contributed by atoms with Crippen LogP contribution in [-0.4, -0.2) is 26.6 Å². The lowest BCUT2D eigenvalue weighted by atomic mass is 10.1. The van der Waals surface area contributed by atoms with Crippen molar-refractivity contribution in [2.24, 2.45) is 0 Å². The molecule has 26 heavy (non-hydrogen) atoms. The molecule has 0 fully saturated rings. The lowest BCUT2D eigenvalue weighted by Crippen LogP contribution is -2.16. The molecule has 2 aromatic carbocycles. The molecule has 132 valence electrons. The van der Waals surface area contributed by atoms with Crippen LogP contribution in [0.3, 0.4) is 0 Å².